The first kappa shape index (κ1) is 17.0. The molecule has 26 heavy (non-hydrogen) atoms. The van der Waals surface area contributed by atoms with E-state index in [-0.39, 0.29) is 5.91 Å². The van der Waals surface area contributed by atoms with Crippen molar-refractivity contribution in [2.75, 3.05) is 20.1 Å². The van der Waals surface area contributed by atoms with E-state index in [2.05, 4.69) is 16.5 Å². The molecule has 0 bridgehead atoms. The summed E-state index contributed by atoms with van der Waals surface area (Å²) >= 11 is 1.65. The van der Waals surface area contributed by atoms with Crippen LogP contribution in [0.1, 0.15) is 23.3 Å². The number of amides is 1. The molecule has 6 heteroatoms. The first-order valence-electron chi connectivity index (χ1n) is 8.92. The van der Waals surface area contributed by atoms with Crippen molar-refractivity contribution in [2.45, 2.75) is 18.9 Å². The van der Waals surface area contributed by atoms with Crippen LogP contribution in [0.15, 0.2) is 53.9 Å². The van der Waals surface area contributed by atoms with Crippen molar-refractivity contribution in [3.63, 3.8) is 0 Å². The number of likely N-dealkylation sites (N-methyl/N-ethyl adjacent to an activating group) is 1. The van der Waals surface area contributed by atoms with Gasteiger partial charge < -0.3 is 10.2 Å². The van der Waals surface area contributed by atoms with E-state index in [1.54, 1.807) is 11.3 Å². The zero-order valence-corrected chi connectivity index (χ0v) is 15.6. The van der Waals surface area contributed by atoms with Crippen LogP contribution in [0.2, 0.25) is 0 Å². The number of nitrogens with zero attached hydrogens (tertiary/aromatic N) is 3. The Morgan fingerprint density at radius 3 is 2.81 bits per heavy atom. The minimum Gasteiger partial charge on any atom is -0.336 e. The second kappa shape index (κ2) is 7.43. The highest BCUT2D eigenvalue weighted by Gasteiger charge is 2.26. The lowest BCUT2D eigenvalue weighted by molar-refractivity contribution is 0.0691. The molecule has 1 amide bonds. The van der Waals surface area contributed by atoms with Crippen molar-refractivity contribution in [2.24, 2.45) is 0 Å². The first-order valence-corrected chi connectivity index (χ1v) is 9.80. The number of piperidine rings is 1. The van der Waals surface area contributed by atoms with Crippen LogP contribution < -0.4 is 5.32 Å². The Kier molecular flexibility index (Phi) is 4.86. The molecule has 134 valence electrons. The standard InChI is InChI=1S/C20H22N4OS/c1-21-15-7-5-11-23(14-15)20(25)17-13-18(19-10-6-12-26-19)24(22-17)16-8-3-2-4-9-16/h2-4,6,8-10,12-13,15,21H,5,7,11,14H2,1H3. The van der Waals surface area contributed by atoms with Crippen molar-refractivity contribution in [1.82, 2.24) is 20.0 Å². The molecule has 1 unspecified atom stereocenters. The summed E-state index contributed by atoms with van der Waals surface area (Å²) in [7, 11) is 1.96. The number of nitrogens with one attached hydrogen (secondary N) is 1. The number of likely N-dealkylation sites (tertiary alicyclic amines) is 1. The van der Waals surface area contributed by atoms with Gasteiger partial charge >= 0.3 is 0 Å². The molecular weight excluding hydrogens is 344 g/mol. The number of aromatic nitrogens is 2. The van der Waals surface area contributed by atoms with E-state index < -0.39 is 0 Å². The Morgan fingerprint density at radius 2 is 2.08 bits per heavy atom. The summed E-state index contributed by atoms with van der Waals surface area (Å²) in [4.78, 5) is 16.1. The summed E-state index contributed by atoms with van der Waals surface area (Å²) in [6.07, 6.45) is 2.13. The van der Waals surface area contributed by atoms with Crippen LogP contribution in [0.3, 0.4) is 0 Å². The third-order valence-corrected chi connectivity index (χ3v) is 5.71. The Balaban J connectivity index is 1.70. The molecule has 1 atom stereocenters. The Bertz CT molecular complexity index is 873. The van der Waals surface area contributed by atoms with E-state index in [0.717, 1.165) is 42.2 Å². The number of carbonyl (C=O) groups excluding carboxylic acids is 1. The molecule has 0 spiro atoms. The quantitative estimate of drug-likeness (QED) is 0.770. The number of thiophene rings is 1. The molecule has 1 aliphatic rings. The van der Waals surface area contributed by atoms with Crippen molar-refractivity contribution >= 4 is 17.2 Å². The third kappa shape index (κ3) is 3.30. The summed E-state index contributed by atoms with van der Waals surface area (Å²) < 4.78 is 1.87. The van der Waals surface area contributed by atoms with E-state index in [1.165, 1.54) is 0 Å². The molecule has 1 saturated heterocycles. The van der Waals surface area contributed by atoms with Gasteiger partial charge in [-0.1, -0.05) is 24.3 Å². The van der Waals surface area contributed by atoms with Crippen LogP contribution in [0.5, 0.6) is 0 Å². The number of hydrogen-bond acceptors (Lipinski definition) is 4. The molecular formula is C20H22N4OS. The highest BCUT2D eigenvalue weighted by atomic mass is 32.1. The Labute approximate surface area is 157 Å². The maximum atomic E-state index is 13.1. The molecule has 5 nitrogen and oxygen atoms in total. The van der Waals surface area contributed by atoms with Crippen molar-refractivity contribution < 1.29 is 4.79 Å². The fraction of sp³-hybridized carbons (Fsp3) is 0.300. The van der Waals surface area contributed by atoms with Crippen LogP contribution in [-0.4, -0.2) is 46.8 Å². The number of benzene rings is 1. The molecule has 0 radical (unpaired) electrons. The topological polar surface area (TPSA) is 50.2 Å². The molecule has 1 aliphatic heterocycles. The van der Waals surface area contributed by atoms with Gasteiger partial charge in [0, 0.05) is 19.1 Å². The van der Waals surface area contributed by atoms with E-state index in [0.29, 0.717) is 11.7 Å². The monoisotopic (exact) mass is 366 g/mol. The predicted molar refractivity (Wildman–Crippen MR) is 105 cm³/mol. The summed E-state index contributed by atoms with van der Waals surface area (Å²) in [6, 6.07) is 16.3. The number of hydrogen-bond donors (Lipinski definition) is 1. The van der Waals surface area contributed by atoms with Gasteiger partial charge in [0.25, 0.3) is 5.91 Å². The highest BCUT2D eigenvalue weighted by Crippen LogP contribution is 2.28. The summed E-state index contributed by atoms with van der Waals surface area (Å²) in [5.74, 6) is 0.0115. The van der Waals surface area contributed by atoms with Gasteiger partial charge in [-0.3, -0.25) is 4.79 Å². The summed E-state index contributed by atoms with van der Waals surface area (Å²) in [5, 5.41) is 10.0. The van der Waals surface area contributed by atoms with Crippen LogP contribution in [0.25, 0.3) is 16.3 Å². The summed E-state index contributed by atoms with van der Waals surface area (Å²) in [6.45, 7) is 1.53. The minimum atomic E-state index is 0.0115. The summed E-state index contributed by atoms with van der Waals surface area (Å²) in [5.41, 5.74) is 2.42. The Hall–Kier alpha value is -2.44. The fourth-order valence-corrected chi connectivity index (χ4v) is 4.14. The normalized spacial score (nSPS) is 17.4. The van der Waals surface area contributed by atoms with Crippen LogP contribution >= 0.6 is 11.3 Å². The van der Waals surface area contributed by atoms with E-state index in [9.17, 15) is 4.79 Å². The smallest absolute Gasteiger partial charge is 0.274 e. The van der Waals surface area contributed by atoms with Gasteiger partial charge in [0.1, 0.15) is 0 Å². The first-order chi connectivity index (χ1) is 12.8. The largest absolute Gasteiger partial charge is 0.336 e. The van der Waals surface area contributed by atoms with Crippen molar-refractivity contribution in [1.29, 1.82) is 0 Å². The fourth-order valence-electron chi connectivity index (χ4n) is 3.41. The maximum Gasteiger partial charge on any atom is 0.274 e. The van der Waals surface area contributed by atoms with Crippen LogP contribution in [0.4, 0.5) is 0 Å². The molecule has 3 aromatic rings. The molecule has 1 fully saturated rings. The molecule has 1 aromatic carbocycles. The second-order valence-corrected chi connectivity index (χ2v) is 7.47. The van der Waals surface area contributed by atoms with Gasteiger partial charge in [-0.25, -0.2) is 4.68 Å². The number of carbonyl (C=O) groups is 1. The van der Waals surface area contributed by atoms with E-state index in [4.69, 9.17) is 0 Å². The van der Waals surface area contributed by atoms with Gasteiger partial charge in [-0.2, -0.15) is 5.10 Å². The van der Waals surface area contributed by atoms with Gasteiger partial charge in [-0.15, -0.1) is 11.3 Å². The molecule has 4 rings (SSSR count). The van der Waals surface area contributed by atoms with E-state index in [1.807, 2.05) is 64.5 Å². The van der Waals surface area contributed by atoms with Crippen LogP contribution in [0, 0.1) is 0 Å². The molecule has 2 aromatic heterocycles. The number of rotatable bonds is 4. The van der Waals surface area contributed by atoms with Crippen molar-refractivity contribution in [3.8, 4) is 16.3 Å². The van der Waals surface area contributed by atoms with Crippen molar-refractivity contribution in [3.05, 3.63) is 59.6 Å². The van der Waals surface area contributed by atoms with Crippen LogP contribution in [-0.2, 0) is 0 Å². The second-order valence-electron chi connectivity index (χ2n) is 6.52. The lowest BCUT2D eigenvalue weighted by Crippen LogP contribution is -2.47. The van der Waals surface area contributed by atoms with Gasteiger partial charge in [-0.05, 0) is 49.5 Å². The molecule has 1 N–H and O–H groups in total. The van der Waals surface area contributed by atoms with Gasteiger partial charge in [0.2, 0.25) is 0 Å². The lowest BCUT2D eigenvalue weighted by atomic mass is 10.1. The lowest BCUT2D eigenvalue weighted by Gasteiger charge is -2.32. The average Bonchev–Trinajstić information content (AvgIpc) is 3.37. The molecule has 3 heterocycles. The minimum absolute atomic E-state index is 0.0115. The number of para-hydroxylation sites is 1. The Morgan fingerprint density at radius 1 is 1.23 bits per heavy atom. The van der Waals surface area contributed by atoms with Gasteiger partial charge in [0.15, 0.2) is 5.69 Å². The highest BCUT2D eigenvalue weighted by molar-refractivity contribution is 7.13. The van der Waals surface area contributed by atoms with E-state index >= 15 is 0 Å². The molecule has 0 aliphatic carbocycles. The maximum absolute atomic E-state index is 13.1. The average molecular weight is 366 g/mol. The zero-order chi connectivity index (χ0) is 17.9. The zero-order valence-electron chi connectivity index (χ0n) is 14.8. The predicted octanol–water partition coefficient (Wildman–Crippen LogP) is 3.42. The van der Waals surface area contributed by atoms with Gasteiger partial charge in [0.05, 0.1) is 16.3 Å². The third-order valence-electron chi connectivity index (χ3n) is 4.82. The molecule has 0 saturated carbocycles. The SMILES string of the molecule is CNC1CCCN(C(=O)c2cc(-c3cccs3)n(-c3ccccc3)n2)C1.